The number of likely N-dealkylation sites (N-methyl/N-ethyl adjacent to an activating group) is 1. The van der Waals surface area contributed by atoms with Gasteiger partial charge in [-0.05, 0) is 39.2 Å². The van der Waals surface area contributed by atoms with Gasteiger partial charge < -0.3 is 15.0 Å². The van der Waals surface area contributed by atoms with Crippen LogP contribution in [0.1, 0.15) is 12.8 Å². The standard InChI is InChI=1S/C11H24N2OS/c1-13(8-10-15-2)7-9-14-11-3-5-12-6-4-11/h11-12H,3-10H2,1-2H3. The van der Waals surface area contributed by atoms with E-state index in [0.29, 0.717) is 6.10 Å². The van der Waals surface area contributed by atoms with Gasteiger partial charge in [-0.3, -0.25) is 0 Å². The van der Waals surface area contributed by atoms with Crippen LogP contribution in [-0.4, -0.2) is 62.8 Å². The summed E-state index contributed by atoms with van der Waals surface area (Å²) in [7, 11) is 2.17. The Kier molecular flexibility index (Phi) is 7.44. The van der Waals surface area contributed by atoms with Crippen molar-refractivity contribution in [1.29, 1.82) is 0 Å². The van der Waals surface area contributed by atoms with Crippen molar-refractivity contribution in [3.8, 4) is 0 Å². The summed E-state index contributed by atoms with van der Waals surface area (Å²) in [5.74, 6) is 1.21. The SMILES string of the molecule is CSCCN(C)CCOC1CCNCC1. The number of hydrogen-bond acceptors (Lipinski definition) is 4. The van der Waals surface area contributed by atoms with Crippen LogP contribution in [0, 0.1) is 0 Å². The molecule has 0 aromatic heterocycles. The maximum absolute atomic E-state index is 5.85. The predicted molar refractivity (Wildman–Crippen MR) is 67.7 cm³/mol. The van der Waals surface area contributed by atoms with Gasteiger partial charge in [0.25, 0.3) is 0 Å². The lowest BCUT2D eigenvalue weighted by Gasteiger charge is -2.24. The molecule has 0 aromatic rings. The van der Waals surface area contributed by atoms with Gasteiger partial charge in [-0.1, -0.05) is 0 Å². The van der Waals surface area contributed by atoms with Gasteiger partial charge in [-0.2, -0.15) is 11.8 Å². The fourth-order valence-electron chi connectivity index (χ4n) is 1.70. The van der Waals surface area contributed by atoms with Crippen molar-refractivity contribution >= 4 is 11.8 Å². The number of rotatable bonds is 7. The van der Waals surface area contributed by atoms with Crippen molar-refractivity contribution in [2.75, 3.05) is 51.8 Å². The van der Waals surface area contributed by atoms with Crippen LogP contribution in [0.2, 0.25) is 0 Å². The molecule has 0 unspecified atom stereocenters. The minimum atomic E-state index is 0.500. The van der Waals surface area contributed by atoms with Crippen molar-refractivity contribution < 1.29 is 4.74 Å². The largest absolute Gasteiger partial charge is 0.377 e. The number of thioether (sulfide) groups is 1. The summed E-state index contributed by atoms with van der Waals surface area (Å²) in [5.41, 5.74) is 0. The number of ether oxygens (including phenoxy) is 1. The maximum Gasteiger partial charge on any atom is 0.0600 e. The molecule has 0 bridgehead atoms. The molecule has 1 fully saturated rings. The third-order valence-corrected chi connectivity index (χ3v) is 3.38. The van der Waals surface area contributed by atoms with E-state index in [4.69, 9.17) is 4.74 Å². The third-order valence-electron chi connectivity index (χ3n) is 2.79. The molecule has 90 valence electrons. The van der Waals surface area contributed by atoms with Crippen LogP contribution >= 0.6 is 11.8 Å². The van der Waals surface area contributed by atoms with E-state index in [1.807, 2.05) is 11.8 Å². The first-order chi connectivity index (χ1) is 7.33. The number of nitrogens with one attached hydrogen (secondary N) is 1. The zero-order valence-corrected chi connectivity index (χ0v) is 10.8. The molecule has 0 aromatic carbocycles. The number of hydrogen-bond donors (Lipinski definition) is 1. The highest BCUT2D eigenvalue weighted by Gasteiger charge is 2.12. The van der Waals surface area contributed by atoms with Crippen LogP contribution in [0.25, 0.3) is 0 Å². The molecule has 1 aliphatic rings. The Balaban J connectivity index is 1.94. The monoisotopic (exact) mass is 232 g/mol. The topological polar surface area (TPSA) is 24.5 Å². The van der Waals surface area contributed by atoms with E-state index in [9.17, 15) is 0 Å². The van der Waals surface area contributed by atoms with Gasteiger partial charge in [-0.25, -0.2) is 0 Å². The Morgan fingerprint density at radius 1 is 1.33 bits per heavy atom. The molecule has 0 saturated carbocycles. The molecular formula is C11H24N2OS. The van der Waals surface area contributed by atoms with Gasteiger partial charge in [-0.15, -0.1) is 0 Å². The van der Waals surface area contributed by atoms with Crippen molar-refractivity contribution in [1.82, 2.24) is 10.2 Å². The second-order valence-electron chi connectivity index (χ2n) is 4.12. The molecule has 1 N–H and O–H groups in total. The molecule has 0 atom stereocenters. The zero-order chi connectivity index (χ0) is 10.9. The van der Waals surface area contributed by atoms with Crippen molar-refractivity contribution in [3.05, 3.63) is 0 Å². The molecule has 0 amide bonds. The Labute approximate surface area is 97.9 Å². The number of piperidine rings is 1. The maximum atomic E-state index is 5.85. The molecule has 1 saturated heterocycles. The Bertz CT molecular complexity index is 152. The van der Waals surface area contributed by atoms with E-state index in [1.165, 1.54) is 18.6 Å². The minimum Gasteiger partial charge on any atom is -0.377 e. The van der Waals surface area contributed by atoms with E-state index < -0.39 is 0 Å². The fourth-order valence-corrected chi connectivity index (χ4v) is 2.19. The summed E-state index contributed by atoms with van der Waals surface area (Å²) in [6.45, 7) is 5.34. The average Bonchev–Trinajstić information content (AvgIpc) is 2.28. The summed E-state index contributed by atoms with van der Waals surface area (Å²) in [6.07, 6.45) is 5.00. The molecule has 1 rings (SSSR count). The highest BCUT2D eigenvalue weighted by molar-refractivity contribution is 7.98. The molecule has 1 heterocycles. The minimum absolute atomic E-state index is 0.500. The van der Waals surface area contributed by atoms with Crippen LogP contribution in [0.3, 0.4) is 0 Å². The van der Waals surface area contributed by atoms with Crippen LogP contribution in [-0.2, 0) is 4.74 Å². The van der Waals surface area contributed by atoms with Crippen molar-refractivity contribution in [2.45, 2.75) is 18.9 Å². The Hall–Kier alpha value is 0.230. The molecule has 1 aliphatic heterocycles. The van der Waals surface area contributed by atoms with Gasteiger partial charge in [0.15, 0.2) is 0 Å². The van der Waals surface area contributed by atoms with Gasteiger partial charge >= 0.3 is 0 Å². The lowest BCUT2D eigenvalue weighted by atomic mass is 10.1. The zero-order valence-electron chi connectivity index (χ0n) is 10.00. The summed E-state index contributed by atoms with van der Waals surface area (Å²) in [5, 5.41) is 3.35. The molecule has 15 heavy (non-hydrogen) atoms. The average molecular weight is 232 g/mol. The summed E-state index contributed by atoms with van der Waals surface area (Å²) < 4.78 is 5.85. The van der Waals surface area contributed by atoms with Crippen LogP contribution < -0.4 is 5.32 Å². The van der Waals surface area contributed by atoms with E-state index in [2.05, 4.69) is 23.5 Å². The molecule has 3 nitrogen and oxygen atoms in total. The molecule has 0 spiro atoms. The Morgan fingerprint density at radius 3 is 2.73 bits per heavy atom. The third kappa shape index (κ3) is 6.40. The smallest absolute Gasteiger partial charge is 0.0600 e. The molecular weight excluding hydrogens is 208 g/mol. The molecule has 0 radical (unpaired) electrons. The fraction of sp³-hybridized carbons (Fsp3) is 1.00. The van der Waals surface area contributed by atoms with Crippen molar-refractivity contribution in [2.24, 2.45) is 0 Å². The second kappa shape index (κ2) is 8.39. The summed E-state index contributed by atoms with van der Waals surface area (Å²) in [6, 6.07) is 0. The highest BCUT2D eigenvalue weighted by atomic mass is 32.2. The van der Waals surface area contributed by atoms with Gasteiger partial charge in [0.05, 0.1) is 12.7 Å². The first-order valence-electron chi connectivity index (χ1n) is 5.82. The van der Waals surface area contributed by atoms with Crippen LogP contribution in [0.4, 0.5) is 0 Å². The van der Waals surface area contributed by atoms with Gasteiger partial charge in [0, 0.05) is 18.8 Å². The predicted octanol–water partition coefficient (Wildman–Crippen LogP) is 1.05. The first-order valence-corrected chi connectivity index (χ1v) is 7.22. The molecule has 0 aliphatic carbocycles. The summed E-state index contributed by atoms with van der Waals surface area (Å²) >= 11 is 1.90. The van der Waals surface area contributed by atoms with E-state index in [-0.39, 0.29) is 0 Å². The normalized spacial score (nSPS) is 18.6. The van der Waals surface area contributed by atoms with Crippen LogP contribution in [0.5, 0.6) is 0 Å². The lowest BCUT2D eigenvalue weighted by Crippen LogP contribution is -2.34. The number of nitrogens with zero attached hydrogens (tertiary/aromatic N) is 1. The summed E-state index contributed by atoms with van der Waals surface area (Å²) in [4.78, 5) is 2.34. The van der Waals surface area contributed by atoms with E-state index in [1.54, 1.807) is 0 Å². The lowest BCUT2D eigenvalue weighted by molar-refractivity contribution is 0.0238. The van der Waals surface area contributed by atoms with E-state index >= 15 is 0 Å². The first kappa shape index (κ1) is 13.3. The van der Waals surface area contributed by atoms with Gasteiger partial charge in [0.1, 0.15) is 0 Å². The highest BCUT2D eigenvalue weighted by Crippen LogP contribution is 2.06. The van der Waals surface area contributed by atoms with Crippen molar-refractivity contribution in [3.63, 3.8) is 0 Å². The quantitative estimate of drug-likeness (QED) is 0.709. The molecule has 4 heteroatoms. The van der Waals surface area contributed by atoms with Gasteiger partial charge in [0.2, 0.25) is 0 Å². The second-order valence-corrected chi connectivity index (χ2v) is 5.10. The van der Waals surface area contributed by atoms with Crippen LogP contribution in [0.15, 0.2) is 0 Å². The Morgan fingerprint density at radius 2 is 2.07 bits per heavy atom. The van der Waals surface area contributed by atoms with E-state index in [0.717, 1.165) is 32.8 Å².